The quantitative estimate of drug-likeness (QED) is 0.277. The third-order valence-corrected chi connectivity index (χ3v) is 5.51. The first-order valence-corrected chi connectivity index (χ1v) is 11.2. The molecule has 0 saturated heterocycles. The number of ketones is 1. The van der Waals surface area contributed by atoms with E-state index in [4.69, 9.17) is 5.73 Å². The zero-order valence-corrected chi connectivity index (χ0v) is 18.5. The monoisotopic (exact) mass is 451 g/mol. The molecule has 170 valence electrons. The molecule has 0 radical (unpaired) electrons. The second-order valence-electron chi connectivity index (χ2n) is 8.22. The van der Waals surface area contributed by atoms with E-state index in [9.17, 15) is 4.79 Å². The molecule has 0 spiro atoms. The minimum atomic E-state index is -0.175. The molecule has 1 saturated carbocycles. The van der Waals surface area contributed by atoms with Crippen LogP contribution in [0.2, 0.25) is 0 Å². The molecule has 5 N–H and O–H groups in total. The van der Waals surface area contributed by atoms with E-state index >= 15 is 0 Å². The van der Waals surface area contributed by atoms with E-state index in [1.807, 2.05) is 72.8 Å². The molecule has 8 heteroatoms. The van der Waals surface area contributed by atoms with Gasteiger partial charge in [0.15, 0.2) is 11.6 Å². The zero-order chi connectivity index (χ0) is 23.3. The molecule has 1 aliphatic rings. The van der Waals surface area contributed by atoms with Crippen molar-refractivity contribution in [1.82, 2.24) is 20.2 Å². The number of benzene rings is 2. The summed E-state index contributed by atoms with van der Waals surface area (Å²) in [5.41, 5.74) is 10.1. The van der Waals surface area contributed by atoms with Gasteiger partial charge >= 0.3 is 0 Å². The number of H-pyrrole nitrogens is 1. The summed E-state index contributed by atoms with van der Waals surface area (Å²) in [6.45, 7) is 0.0133. The van der Waals surface area contributed by atoms with Gasteiger partial charge in [-0.25, -0.2) is 4.98 Å². The Labute approximate surface area is 197 Å². The molecule has 1 aliphatic carbocycles. The minimum absolute atomic E-state index is 0.0133. The normalized spacial score (nSPS) is 13.5. The van der Waals surface area contributed by atoms with Crippen LogP contribution in [0.4, 0.5) is 17.6 Å². The molecule has 2 heterocycles. The summed E-state index contributed by atoms with van der Waals surface area (Å²) >= 11 is 0. The van der Waals surface area contributed by atoms with Crippen LogP contribution in [-0.2, 0) is 4.79 Å². The van der Waals surface area contributed by atoms with Crippen LogP contribution in [0.1, 0.15) is 30.0 Å². The van der Waals surface area contributed by atoms with Crippen LogP contribution >= 0.6 is 0 Å². The Hall–Kier alpha value is -4.46. The summed E-state index contributed by atoms with van der Waals surface area (Å²) < 4.78 is 0. The fourth-order valence-corrected chi connectivity index (χ4v) is 3.59. The van der Waals surface area contributed by atoms with E-state index in [0.29, 0.717) is 29.2 Å². The molecule has 8 nitrogen and oxygen atoms in total. The zero-order valence-electron chi connectivity index (χ0n) is 18.5. The lowest BCUT2D eigenvalue weighted by Crippen LogP contribution is -2.15. The van der Waals surface area contributed by atoms with Gasteiger partial charge in [-0.3, -0.25) is 9.89 Å². The molecule has 2 aromatic carbocycles. The van der Waals surface area contributed by atoms with Gasteiger partial charge < -0.3 is 16.4 Å². The smallest absolute Gasteiger partial charge is 0.225 e. The summed E-state index contributed by atoms with van der Waals surface area (Å²) in [4.78, 5) is 21.6. The molecular weight excluding hydrogens is 426 g/mol. The average Bonchev–Trinajstić information content (AvgIpc) is 3.62. The molecule has 5 rings (SSSR count). The maximum absolute atomic E-state index is 12.5. The predicted molar refractivity (Wildman–Crippen MR) is 133 cm³/mol. The SMILES string of the molecule is N/C(=C\C(=O)CNc1nc(Nc2cc(C3CC3)[nH]n2)cc(-c2ccccc2)n1)c1ccccc1. The predicted octanol–water partition coefficient (Wildman–Crippen LogP) is 4.47. The van der Waals surface area contributed by atoms with E-state index in [0.717, 1.165) is 22.5 Å². The van der Waals surface area contributed by atoms with Crippen molar-refractivity contribution < 1.29 is 4.79 Å². The van der Waals surface area contributed by atoms with Crippen molar-refractivity contribution in [3.8, 4) is 11.3 Å². The van der Waals surface area contributed by atoms with Crippen molar-refractivity contribution in [1.29, 1.82) is 0 Å². The molecule has 0 aliphatic heterocycles. The Morgan fingerprint density at radius 1 is 1.00 bits per heavy atom. The Kier molecular flexibility index (Phi) is 6.03. The van der Waals surface area contributed by atoms with Crippen LogP contribution in [-0.4, -0.2) is 32.5 Å². The van der Waals surface area contributed by atoms with Crippen molar-refractivity contribution >= 4 is 29.1 Å². The van der Waals surface area contributed by atoms with Crippen LogP contribution < -0.4 is 16.4 Å². The number of aromatic amines is 1. The first-order chi connectivity index (χ1) is 16.6. The molecule has 34 heavy (non-hydrogen) atoms. The van der Waals surface area contributed by atoms with E-state index in [-0.39, 0.29) is 12.3 Å². The van der Waals surface area contributed by atoms with Crippen molar-refractivity contribution in [3.63, 3.8) is 0 Å². The van der Waals surface area contributed by atoms with E-state index in [2.05, 4.69) is 30.8 Å². The van der Waals surface area contributed by atoms with Crippen LogP contribution in [0.15, 0.2) is 78.9 Å². The second-order valence-corrected chi connectivity index (χ2v) is 8.22. The highest BCUT2D eigenvalue weighted by molar-refractivity contribution is 5.98. The van der Waals surface area contributed by atoms with Gasteiger partial charge in [-0.05, 0) is 18.4 Å². The number of carbonyl (C=O) groups excluding carboxylic acids is 1. The third kappa shape index (κ3) is 5.29. The van der Waals surface area contributed by atoms with Gasteiger partial charge in [0.2, 0.25) is 5.95 Å². The molecule has 0 atom stereocenters. The van der Waals surface area contributed by atoms with Gasteiger partial charge in [-0.2, -0.15) is 10.1 Å². The Balaban J connectivity index is 1.34. The Bertz CT molecular complexity index is 1310. The van der Waals surface area contributed by atoms with Crippen LogP contribution in [0.25, 0.3) is 17.0 Å². The van der Waals surface area contributed by atoms with Crippen molar-refractivity contribution in [2.24, 2.45) is 5.73 Å². The van der Waals surface area contributed by atoms with Gasteiger partial charge in [-0.1, -0.05) is 60.7 Å². The highest BCUT2D eigenvalue weighted by Gasteiger charge is 2.25. The Morgan fingerprint density at radius 2 is 1.74 bits per heavy atom. The molecular formula is C26H25N7O. The highest BCUT2D eigenvalue weighted by atomic mass is 16.1. The molecule has 2 aromatic heterocycles. The lowest BCUT2D eigenvalue weighted by atomic mass is 10.1. The molecule has 4 aromatic rings. The van der Waals surface area contributed by atoms with E-state index in [1.165, 1.54) is 18.9 Å². The molecule has 0 bridgehead atoms. The topological polar surface area (TPSA) is 122 Å². The lowest BCUT2D eigenvalue weighted by molar-refractivity contribution is -0.113. The number of carbonyl (C=O) groups is 1. The first kappa shape index (κ1) is 21.4. The fraction of sp³-hybridized carbons (Fsp3) is 0.154. The molecule has 1 fully saturated rings. The third-order valence-electron chi connectivity index (χ3n) is 5.51. The number of nitrogens with zero attached hydrogens (tertiary/aromatic N) is 3. The largest absolute Gasteiger partial charge is 0.398 e. The first-order valence-electron chi connectivity index (χ1n) is 11.2. The van der Waals surface area contributed by atoms with Gasteiger partial charge in [0.25, 0.3) is 0 Å². The minimum Gasteiger partial charge on any atom is -0.398 e. The number of nitrogens with two attached hydrogens (primary N) is 1. The van der Waals surface area contributed by atoms with Gasteiger partial charge in [-0.15, -0.1) is 0 Å². The lowest BCUT2D eigenvalue weighted by Gasteiger charge is -2.10. The van der Waals surface area contributed by atoms with Crippen LogP contribution in [0.5, 0.6) is 0 Å². The number of aromatic nitrogens is 4. The Morgan fingerprint density at radius 3 is 2.47 bits per heavy atom. The summed E-state index contributed by atoms with van der Waals surface area (Å²) in [6.07, 6.45) is 3.81. The maximum Gasteiger partial charge on any atom is 0.225 e. The summed E-state index contributed by atoms with van der Waals surface area (Å²) in [5.74, 6) is 2.01. The summed E-state index contributed by atoms with van der Waals surface area (Å²) in [7, 11) is 0. The van der Waals surface area contributed by atoms with E-state index in [1.54, 1.807) is 0 Å². The van der Waals surface area contributed by atoms with Gasteiger partial charge in [0.1, 0.15) is 5.82 Å². The van der Waals surface area contributed by atoms with Crippen molar-refractivity contribution in [2.75, 3.05) is 17.2 Å². The van der Waals surface area contributed by atoms with Gasteiger partial charge in [0, 0.05) is 41.1 Å². The van der Waals surface area contributed by atoms with Crippen molar-refractivity contribution in [2.45, 2.75) is 18.8 Å². The molecule has 0 unspecified atom stereocenters. The number of nitrogens with one attached hydrogen (secondary N) is 3. The summed E-state index contributed by atoms with van der Waals surface area (Å²) in [6, 6.07) is 23.1. The summed E-state index contributed by atoms with van der Waals surface area (Å²) in [5, 5.41) is 13.7. The van der Waals surface area contributed by atoms with Crippen LogP contribution in [0.3, 0.4) is 0 Å². The number of rotatable bonds is 9. The standard InChI is InChI=1S/C26H25N7O/c27-21(17-7-3-1-4-8-17)13-20(34)16-28-26-29-22(18-9-5-2-6-10-18)14-24(31-26)30-25-15-23(32-33-25)19-11-12-19/h1-10,13-15,19H,11-12,16,27H2,(H3,28,29,30,31,32,33)/b21-13-. The number of hydrogen-bond donors (Lipinski definition) is 4. The highest BCUT2D eigenvalue weighted by Crippen LogP contribution is 2.39. The number of hydrogen-bond acceptors (Lipinski definition) is 7. The van der Waals surface area contributed by atoms with Crippen molar-refractivity contribution in [3.05, 3.63) is 90.1 Å². The number of anilines is 3. The van der Waals surface area contributed by atoms with Crippen LogP contribution in [0, 0.1) is 0 Å². The second kappa shape index (κ2) is 9.58. The van der Waals surface area contributed by atoms with E-state index < -0.39 is 0 Å². The average molecular weight is 452 g/mol. The van der Waals surface area contributed by atoms with Gasteiger partial charge in [0.05, 0.1) is 12.2 Å². The molecule has 0 amide bonds. The maximum atomic E-state index is 12.5. The fourth-order valence-electron chi connectivity index (χ4n) is 3.59.